The first-order valence-electron chi connectivity index (χ1n) is 12.3. The van der Waals surface area contributed by atoms with Crippen LogP contribution in [-0.4, -0.2) is 26.2 Å². The molecule has 0 saturated carbocycles. The van der Waals surface area contributed by atoms with Gasteiger partial charge < -0.3 is 5.32 Å². The Labute approximate surface area is 175 Å². The summed E-state index contributed by atoms with van der Waals surface area (Å²) >= 11 is 0. The molecule has 0 unspecified atom stereocenters. The average Bonchev–Trinajstić information content (AvgIpc) is 2.70. The molecule has 1 N–H and O–H groups in total. The number of hydrogen-bond acceptors (Lipinski definition) is 4. The van der Waals surface area contributed by atoms with E-state index < -0.39 is 0 Å². The van der Waals surface area contributed by atoms with Gasteiger partial charge >= 0.3 is 5.97 Å². The summed E-state index contributed by atoms with van der Waals surface area (Å²) in [6, 6.07) is 0. The van der Waals surface area contributed by atoms with Crippen LogP contribution in [0.3, 0.4) is 0 Å². The van der Waals surface area contributed by atoms with Crippen molar-refractivity contribution in [3.63, 3.8) is 0 Å². The SMILES string of the molecule is CCCCCCCCCCCCCCCCCCOOC(=O)CCCCNC. The van der Waals surface area contributed by atoms with Crippen LogP contribution in [0.15, 0.2) is 0 Å². The number of carbonyl (C=O) groups excluding carboxylic acids is 1. The summed E-state index contributed by atoms with van der Waals surface area (Å²) in [6.45, 7) is 3.75. The van der Waals surface area contributed by atoms with Crippen LogP contribution in [0, 0.1) is 0 Å². The lowest BCUT2D eigenvalue weighted by atomic mass is 10.0. The molecule has 0 aliphatic heterocycles. The van der Waals surface area contributed by atoms with Crippen molar-refractivity contribution in [1.29, 1.82) is 0 Å². The van der Waals surface area contributed by atoms with Crippen molar-refractivity contribution < 1.29 is 14.6 Å². The van der Waals surface area contributed by atoms with E-state index in [4.69, 9.17) is 9.78 Å². The van der Waals surface area contributed by atoms with Crippen LogP contribution < -0.4 is 5.32 Å². The van der Waals surface area contributed by atoms with Crippen LogP contribution in [-0.2, 0) is 14.6 Å². The first-order chi connectivity index (χ1) is 13.8. The van der Waals surface area contributed by atoms with Crippen molar-refractivity contribution in [1.82, 2.24) is 5.32 Å². The van der Waals surface area contributed by atoms with Gasteiger partial charge in [-0.3, -0.25) is 4.89 Å². The van der Waals surface area contributed by atoms with E-state index in [2.05, 4.69) is 12.2 Å². The third-order valence-electron chi connectivity index (χ3n) is 5.29. The molecule has 0 saturated heterocycles. The molecule has 0 radical (unpaired) electrons. The van der Waals surface area contributed by atoms with Crippen molar-refractivity contribution in [2.45, 2.75) is 129 Å². The van der Waals surface area contributed by atoms with E-state index in [9.17, 15) is 4.79 Å². The molecule has 4 heteroatoms. The third kappa shape index (κ3) is 23.4. The smallest absolute Gasteiger partial charge is 0.320 e. The van der Waals surface area contributed by atoms with E-state index in [0.717, 1.165) is 32.2 Å². The molecule has 0 bridgehead atoms. The highest BCUT2D eigenvalue weighted by Crippen LogP contribution is 2.13. The lowest BCUT2D eigenvalue weighted by Gasteiger charge is -2.05. The monoisotopic (exact) mass is 399 g/mol. The molecule has 0 fully saturated rings. The molecule has 4 nitrogen and oxygen atoms in total. The molecule has 0 heterocycles. The van der Waals surface area contributed by atoms with Crippen molar-refractivity contribution in [3.8, 4) is 0 Å². The zero-order valence-corrected chi connectivity index (χ0v) is 19.1. The lowest BCUT2D eigenvalue weighted by Crippen LogP contribution is -2.10. The first kappa shape index (κ1) is 27.4. The van der Waals surface area contributed by atoms with Gasteiger partial charge in [-0.05, 0) is 32.9 Å². The average molecular weight is 400 g/mol. The summed E-state index contributed by atoms with van der Waals surface area (Å²) in [7, 11) is 1.92. The molecule has 0 spiro atoms. The second kappa shape index (κ2) is 24.4. The Kier molecular flexibility index (Phi) is 23.9. The molecule has 0 rings (SSSR count). The summed E-state index contributed by atoms with van der Waals surface area (Å²) in [4.78, 5) is 21.2. The van der Waals surface area contributed by atoms with Crippen molar-refractivity contribution in [3.05, 3.63) is 0 Å². The van der Waals surface area contributed by atoms with E-state index in [1.807, 2.05) is 7.05 Å². The van der Waals surface area contributed by atoms with E-state index in [1.165, 1.54) is 89.9 Å². The predicted molar refractivity (Wildman–Crippen MR) is 119 cm³/mol. The summed E-state index contributed by atoms with van der Waals surface area (Å²) < 4.78 is 0. The maximum atomic E-state index is 11.4. The maximum absolute atomic E-state index is 11.4. The van der Waals surface area contributed by atoms with Gasteiger partial charge in [-0.1, -0.05) is 103 Å². The van der Waals surface area contributed by atoms with Crippen molar-refractivity contribution in [2.75, 3.05) is 20.2 Å². The minimum Gasteiger partial charge on any atom is -0.320 e. The minimum absolute atomic E-state index is 0.243. The fourth-order valence-corrected chi connectivity index (χ4v) is 3.43. The molecule has 0 aromatic rings. The van der Waals surface area contributed by atoms with E-state index in [0.29, 0.717) is 13.0 Å². The Morgan fingerprint density at radius 2 is 1.11 bits per heavy atom. The van der Waals surface area contributed by atoms with Gasteiger partial charge in [0.05, 0.1) is 6.61 Å². The maximum Gasteiger partial charge on any atom is 0.342 e. The number of hydrogen-bond donors (Lipinski definition) is 1. The lowest BCUT2D eigenvalue weighted by molar-refractivity contribution is -0.272. The van der Waals surface area contributed by atoms with Crippen LogP contribution in [0.1, 0.15) is 129 Å². The number of carbonyl (C=O) groups is 1. The summed E-state index contributed by atoms with van der Waals surface area (Å²) in [6.07, 6.45) is 24.0. The van der Waals surface area contributed by atoms with Gasteiger partial charge in [0.15, 0.2) is 0 Å². The molecule has 168 valence electrons. The quantitative estimate of drug-likeness (QED) is 0.113. The first-order valence-corrected chi connectivity index (χ1v) is 12.3. The van der Waals surface area contributed by atoms with Crippen LogP contribution >= 0.6 is 0 Å². The molecule has 0 aromatic heterocycles. The molecule has 0 aromatic carbocycles. The number of rotatable bonds is 23. The highest BCUT2D eigenvalue weighted by atomic mass is 17.2. The topological polar surface area (TPSA) is 47.6 Å². The van der Waals surface area contributed by atoms with Gasteiger partial charge in [0, 0.05) is 6.42 Å². The third-order valence-corrected chi connectivity index (χ3v) is 5.29. The summed E-state index contributed by atoms with van der Waals surface area (Å²) in [5.74, 6) is -0.243. The second-order valence-electron chi connectivity index (χ2n) is 8.14. The van der Waals surface area contributed by atoms with Gasteiger partial charge in [0.25, 0.3) is 0 Å². The molecule has 0 amide bonds. The zero-order chi connectivity index (χ0) is 20.5. The minimum atomic E-state index is -0.243. The van der Waals surface area contributed by atoms with Gasteiger partial charge in [-0.15, -0.1) is 0 Å². The summed E-state index contributed by atoms with van der Waals surface area (Å²) in [5, 5.41) is 3.06. The van der Waals surface area contributed by atoms with Crippen LogP contribution in [0.5, 0.6) is 0 Å². The number of unbranched alkanes of at least 4 members (excludes halogenated alkanes) is 16. The predicted octanol–water partition coefficient (Wildman–Crippen LogP) is 7.11. The molecule has 0 atom stereocenters. The summed E-state index contributed by atoms with van der Waals surface area (Å²) in [5.41, 5.74) is 0. The van der Waals surface area contributed by atoms with E-state index in [1.54, 1.807) is 0 Å². The largest absolute Gasteiger partial charge is 0.342 e. The second-order valence-corrected chi connectivity index (χ2v) is 8.14. The highest BCUT2D eigenvalue weighted by Gasteiger charge is 2.03. The zero-order valence-electron chi connectivity index (χ0n) is 19.1. The van der Waals surface area contributed by atoms with Gasteiger partial charge in [0.1, 0.15) is 0 Å². The Hall–Kier alpha value is -0.610. The molecule has 0 aliphatic carbocycles. The fourth-order valence-electron chi connectivity index (χ4n) is 3.43. The Balaban J connectivity index is 3.07. The molecule has 28 heavy (non-hydrogen) atoms. The van der Waals surface area contributed by atoms with Crippen LogP contribution in [0.4, 0.5) is 0 Å². The molecule has 0 aliphatic rings. The highest BCUT2D eigenvalue weighted by molar-refractivity contribution is 5.68. The Morgan fingerprint density at radius 3 is 1.57 bits per heavy atom. The van der Waals surface area contributed by atoms with Crippen molar-refractivity contribution in [2.24, 2.45) is 0 Å². The standard InChI is InChI=1S/C24H49NO3/c1-3-4-5-6-7-8-9-10-11-12-13-14-15-16-17-20-23-27-28-24(26)21-18-19-22-25-2/h25H,3-23H2,1-2H3. The molecular weight excluding hydrogens is 350 g/mol. The Bertz CT molecular complexity index is 310. The Morgan fingerprint density at radius 1 is 0.643 bits per heavy atom. The van der Waals surface area contributed by atoms with E-state index >= 15 is 0 Å². The van der Waals surface area contributed by atoms with Gasteiger partial charge in [-0.2, -0.15) is 4.89 Å². The fraction of sp³-hybridized carbons (Fsp3) is 0.958. The van der Waals surface area contributed by atoms with Gasteiger partial charge in [-0.25, -0.2) is 4.79 Å². The van der Waals surface area contributed by atoms with E-state index in [-0.39, 0.29) is 5.97 Å². The van der Waals surface area contributed by atoms with Crippen molar-refractivity contribution >= 4 is 5.97 Å². The van der Waals surface area contributed by atoms with Crippen LogP contribution in [0.25, 0.3) is 0 Å². The number of nitrogens with one attached hydrogen (secondary N) is 1. The normalized spacial score (nSPS) is 11.1. The van der Waals surface area contributed by atoms with Gasteiger partial charge in [0.2, 0.25) is 0 Å². The molecular formula is C24H49NO3. The van der Waals surface area contributed by atoms with Crippen LogP contribution in [0.2, 0.25) is 0 Å².